The molecule has 1 aliphatic heterocycles. The minimum atomic E-state index is -0.160. The van der Waals surface area contributed by atoms with Crippen molar-refractivity contribution >= 4 is 5.91 Å². The first kappa shape index (κ1) is 20.2. The smallest absolute Gasteiger partial charge is 0.257 e. The summed E-state index contributed by atoms with van der Waals surface area (Å²) < 4.78 is 7.35. The lowest BCUT2D eigenvalue weighted by atomic mass is 9.96. The number of aromatic hydroxyl groups is 1. The van der Waals surface area contributed by atoms with Crippen LogP contribution >= 0.6 is 0 Å². The van der Waals surface area contributed by atoms with Gasteiger partial charge in [-0.1, -0.05) is 6.07 Å². The van der Waals surface area contributed by atoms with Crippen molar-refractivity contribution < 1.29 is 14.6 Å². The van der Waals surface area contributed by atoms with Crippen molar-refractivity contribution in [1.82, 2.24) is 19.4 Å². The first-order valence-corrected chi connectivity index (χ1v) is 9.82. The molecular weight excluding hydrogens is 356 g/mol. The van der Waals surface area contributed by atoms with Gasteiger partial charge in [-0.25, -0.2) is 4.98 Å². The molecule has 1 amide bonds. The van der Waals surface area contributed by atoms with E-state index in [1.54, 1.807) is 18.2 Å². The van der Waals surface area contributed by atoms with Crippen LogP contribution in [0.25, 0.3) is 0 Å². The van der Waals surface area contributed by atoms with E-state index in [0.29, 0.717) is 18.8 Å². The fourth-order valence-electron chi connectivity index (χ4n) is 3.83. The van der Waals surface area contributed by atoms with Crippen LogP contribution in [-0.2, 0) is 6.54 Å². The molecule has 1 unspecified atom stereocenters. The molecule has 1 aromatic carbocycles. The Morgan fingerprint density at radius 2 is 2.21 bits per heavy atom. The lowest BCUT2D eigenvalue weighted by Crippen LogP contribution is -2.39. The number of aromatic nitrogens is 2. The number of para-hydroxylation sites is 1. The number of hydrogen-bond acceptors (Lipinski definition) is 5. The monoisotopic (exact) mass is 386 g/mol. The summed E-state index contributed by atoms with van der Waals surface area (Å²) in [5.41, 5.74) is 0.286. The van der Waals surface area contributed by atoms with Crippen molar-refractivity contribution in [2.24, 2.45) is 0 Å². The molecule has 1 fully saturated rings. The minimum Gasteiger partial charge on any atom is -0.504 e. The average molecular weight is 386 g/mol. The maximum Gasteiger partial charge on any atom is 0.257 e. The van der Waals surface area contributed by atoms with E-state index in [4.69, 9.17) is 4.74 Å². The fraction of sp³-hybridized carbons (Fsp3) is 0.524. The molecule has 28 heavy (non-hydrogen) atoms. The van der Waals surface area contributed by atoms with Gasteiger partial charge in [-0.15, -0.1) is 0 Å². The molecule has 3 rings (SSSR count). The van der Waals surface area contributed by atoms with Gasteiger partial charge in [-0.3, -0.25) is 4.79 Å². The number of amides is 1. The molecule has 0 bridgehead atoms. The van der Waals surface area contributed by atoms with Crippen molar-refractivity contribution in [2.75, 3.05) is 40.8 Å². The Balaban J connectivity index is 1.71. The molecule has 0 aliphatic carbocycles. The molecule has 2 aromatic rings. The molecule has 1 aliphatic rings. The molecular formula is C21H30N4O3. The fourth-order valence-corrected chi connectivity index (χ4v) is 3.83. The number of piperidine rings is 1. The zero-order valence-corrected chi connectivity index (χ0v) is 17.0. The second kappa shape index (κ2) is 9.10. The van der Waals surface area contributed by atoms with Gasteiger partial charge in [0.2, 0.25) is 0 Å². The Morgan fingerprint density at radius 1 is 1.39 bits per heavy atom. The quantitative estimate of drug-likeness (QED) is 0.792. The third-order valence-electron chi connectivity index (χ3n) is 5.28. The number of imidazole rings is 1. The van der Waals surface area contributed by atoms with E-state index in [1.807, 2.05) is 17.3 Å². The third kappa shape index (κ3) is 4.47. The number of likely N-dealkylation sites (tertiary alicyclic amines) is 1. The van der Waals surface area contributed by atoms with Crippen LogP contribution in [0.4, 0.5) is 0 Å². The summed E-state index contributed by atoms with van der Waals surface area (Å²) in [7, 11) is 5.64. The van der Waals surface area contributed by atoms with Gasteiger partial charge in [0.25, 0.3) is 5.91 Å². The van der Waals surface area contributed by atoms with E-state index in [2.05, 4.69) is 28.5 Å². The molecule has 0 spiro atoms. The number of methoxy groups -OCH3 is 1. The topological polar surface area (TPSA) is 70.8 Å². The van der Waals surface area contributed by atoms with Gasteiger partial charge in [0, 0.05) is 37.9 Å². The number of benzene rings is 1. The van der Waals surface area contributed by atoms with Crippen LogP contribution in [0.1, 0.15) is 41.4 Å². The predicted octanol–water partition coefficient (Wildman–Crippen LogP) is 2.57. The van der Waals surface area contributed by atoms with Gasteiger partial charge in [-0.05, 0) is 52.0 Å². The van der Waals surface area contributed by atoms with Gasteiger partial charge in [-0.2, -0.15) is 0 Å². The zero-order valence-electron chi connectivity index (χ0n) is 17.0. The van der Waals surface area contributed by atoms with Crippen molar-refractivity contribution in [1.29, 1.82) is 0 Å². The lowest BCUT2D eigenvalue weighted by molar-refractivity contribution is 0.0699. The largest absolute Gasteiger partial charge is 0.504 e. The predicted molar refractivity (Wildman–Crippen MR) is 108 cm³/mol. The second-order valence-electron chi connectivity index (χ2n) is 7.58. The first-order chi connectivity index (χ1) is 13.5. The first-order valence-electron chi connectivity index (χ1n) is 9.82. The molecule has 1 N–H and O–H groups in total. The van der Waals surface area contributed by atoms with Gasteiger partial charge in [0.1, 0.15) is 5.82 Å². The number of phenols is 1. The number of carbonyl (C=O) groups excluding carboxylic acids is 1. The molecule has 0 radical (unpaired) electrons. The highest BCUT2D eigenvalue weighted by molar-refractivity contribution is 5.97. The van der Waals surface area contributed by atoms with E-state index in [1.165, 1.54) is 7.11 Å². The Labute approximate surface area is 166 Å². The Morgan fingerprint density at radius 3 is 2.96 bits per heavy atom. The van der Waals surface area contributed by atoms with Crippen LogP contribution in [0.2, 0.25) is 0 Å². The summed E-state index contributed by atoms with van der Waals surface area (Å²) in [6.45, 7) is 3.25. The summed E-state index contributed by atoms with van der Waals surface area (Å²) in [6.07, 6.45) is 6.87. The van der Waals surface area contributed by atoms with E-state index >= 15 is 0 Å². The number of nitrogens with zero attached hydrogens (tertiary/aromatic N) is 4. The summed E-state index contributed by atoms with van der Waals surface area (Å²) in [5, 5.41) is 10.3. The average Bonchev–Trinajstić information content (AvgIpc) is 3.16. The molecule has 1 aromatic heterocycles. The molecule has 7 heteroatoms. The highest BCUT2D eigenvalue weighted by atomic mass is 16.5. The highest BCUT2D eigenvalue weighted by Crippen LogP contribution is 2.32. The summed E-state index contributed by atoms with van der Waals surface area (Å²) in [5.74, 6) is 1.32. The van der Waals surface area contributed by atoms with Gasteiger partial charge < -0.3 is 24.2 Å². The number of aryl methyl sites for hydroxylation is 1. The summed E-state index contributed by atoms with van der Waals surface area (Å²) in [6, 6.07) is 5.02. The molecule has 0 saturated carbocycles. The third-order valence-corrected chi connectivity index (χ3v) is 5.28. The second-order valence-corrected chi connectivity index (χ2v) is 7.58. The van der Waals surface area contributed by atoms with E-state index < -0.39 is 0 Å². The molecule has 1 saturated heterocycles. The lowest BCUT2D eigenvalue weighted by Gasteiger charge is -2.33. The number of phenolic OH excluding ortho intramolecular Hbond substituents is 1. The standard InChI is InChI=1S/C21H30N4O3/c1-23(2)11-6-13-24-14-10-22-20(24)16-7-5-12-25(15-16)21(27)17-8-4-9-18(28-3)19(17)26/h4,8-10,14,16,26H,5-7,11-13,15H2,1-3H3. The molecule has 2 heterocycles. The zero-order chi connectivity index (χ0) is 20.1. The SMILES string of the molecule is COc1cccc(C(=O)N2CCCC(c3nccn3CCCN(C)C)C2)c1O. The normalized spacial score (nSPS) is 17.1. The van der Waals surface area contributed by atoms with E-state index in [0.717, 1.165) is 38.2 Å². The van der Waals surface area contributed by atoms with Crippen molar-refractivity contribution in [3.63, 3.8) is 0 Å². The number of carbonyl (C=O) groups is 1. The highest BCUT2D eigenvalue weighted by Gasteiger charge is 2.29. The Hall–Kier alpha value is -2.54. The van der Waals surface area contributed by atoms with E-state index in [-0.39, 0.29) is 23.1 Å². The van der Waals surface area contributed by atoms with Crippen LogP contribution in [0.15, 0.2) is 30.6 Å². The van der Waals surface area contributed by atoms with Crippen LogP contribution in [0.3, 0.4) is 0 Å². The minimum absolute atomic E-state index is 0.0951. The van der Waals surface area contributed by atoms with E-state index in [9.17, 15) is 9.90 Å². The van der Waals surface area contributed by atoms with Gasteiger partial charge in [0.15, 0.2) is 11.5 Å². The Bertz CT molecular complexity index is 803. The van der Waals surface area contributed by atoms with Crippen molar-refractivity contribution in [3.8, 4) is 11.5 Å². The van der Waals surface area contributed by atoms with Crippen LogP contribution < -0.4 is 4.74 Å². The van der Waals surface area contributed by atoms with Gasteiger partial charge in [0.05, 0.1) is 12.7 Å². The molecule has 152 valence electrons. The number of rotatable bonds is 7. The molecule has 1 atom stereocenters. The Kier molecular flexibility index (Phi) is 6.57. The molecule has 7 nitrogen and oxygen atoms in total. The van der Waals surface area contributed by atoms with Crippen molar-refractivity contribution in [3.05, 3.63) is 42.0 Å². The van der Waals surface area contributed by atoms with Crippen molar-refractivity contribution in [2.45, 2.75) is 31.7 Å². The maximum atomic E-state index is 13.0. The summed E-state index contributed by atoms with van der Waals surface area (Å²) in [4.78, 5) is 21.6. The summed E-state index contributed by atoms with van der Waals surface area (Å²) >= 11 is 0. The number of ether oxygens (including phenoxy) is 1. The number of hydrogen-bond donors (Lipinski definition) is 1. The van der Waals surface area contributed by atoms with Crippen LogP contribution in [0.5, 0.6) is 11.5 Å². The maximum absolute atomic E-state index is 13.0. The van der Waals surface area contributed by atoms with Crippen LogP contribution in [0, 0.1) is 0 Å². The van der Waals surface area contributed by atoms with Gasteiger partial charge >= 0.3 is 0 Å². The van der Waals surface area contributed by atoms with Crippen LogP contribution in [-0.4, -0.2) is 71.2 Å².